The highest BCUT2D eigenvalue weighted by molar-refractivity contribution is 7.99. The first-order chi connectivity index (χ1) is 15.3. The fourth-order valence-corrected chi connectivity index (χ4v) is 4.34. The normalized spacial score (nSPS) is 12.8. The summed E-state index contributed by atoms with van der Waals surface area (Å²) in [5, 5.41) is 4.39. The number of hydrogen-bond acceptors (Lipinski definition) is 3. The number of benzene rings is 2. The molecule has 2 atom stereocenters. The van der Waals surface area contributed by atoms with Gasteiger partial charge >= 0.3 is 0 Å². The third-order valence-corrected chi connectivity index (χ3v) is 6.87. The van der Waals surface area contributed by atoms with Gasteiger partial charge in [-0.05, 0) is 73.9 Å². The van der Waals surface area contributed by atoms with Gasteiger partial charge in [0, 0.05) is 33.9 Å². The van der Waals surface area contributed by atoms with E-state index in [4.69, 9.17) is 23.2 Å². The van der Waals surface area contributed by atoms with Crippen LogP contribution in [0.2, 0.25) is 10.0 Å². The molecule has 0 spiro atoms. The number of nitrogens with one attached hydrogen (secondary N) is 1. The number of nitrogens with zero attached hydrogens (tertiary/aromatic N) is 1. The summed E-state index contributed by atoms with van der Waals surface area (Å²) < 4.78 is 0. The van der Waals surface area contributed by atoms with Gasteiger partial charge in [0.25, 0.3) is 0 Å². The van der Waals surface area contributed by atoms with Crippen LogP contribution in [0.15, 0.2) is 53.4 Å². The summed E-state index contributed by atoms with van der Waals surface area (Å²) in [5.41, 5.74) is 0.952. The predicted octanol–water partition coefficient (Wildman–Crippen LogP) is 6.59. The summed E-state index contributed by atoms with van der Waals surface area (Å²) in [7, 11) is 0. The highest BCUT2D eigenvalue weighted by Gasteiger charge is 2.28. The molecule has 0 saturated carbocycles. The lowest BCUT2D eigenvalue weighted by molar-refractivity contribution is -0.141. The molecule has 0 radical (unpaired) electrons. The molecule has 1 N–H and O–H groups in total. The molecule has 0 aromatic heterocycles. The van der Waals surface area contributed by atoms with Gasteiger partial charge in [0.05, 0.1) is 0 Å². The maximum atomic E-state index is 13.2. The van der Waals surface area contributed by atoms with Gasteiger partial charge in [-0.3, -0.25) is 9.59 Å². The Morgan fingerprint density at radius 3 is 2.12 bits per heavy atom. The molecule has 0 aliphatic carbocycles. The van der Waals surface area contributed by atoms with Gasteiger partial charge in [0.15, 0.2) is 0 Å². The minimum Gasteiger partial charge on any atom is -0.352 e. The van der Waals surface area contributed by atoms with E-state index in [1.54, 1.807) is 16.7 Å². The van der Waals surface area contributed by atoms with Gasteiger partial charge < -0.3 is 10.2 Å². The zero-order valence-electron chi connectivity index (χ0n) is 18.9. The van der Waals surface area contributed by atoms with Gasteiger partial charge in [-0.15, -0.1) is 11.8 Å². The number of carbonyl (C=O) groups is 2. The number of thioether (sulfide) groups is 1. The number of hydrogen-bond donors (Lipinski definition) is 1. The summed E-state index contributed by atoms with van der Waals surface area (Å²) in [6.07, 6.45) is 2.52. The topological polar surface area (TPSA) is 49.4 Å². The van der Waals surface area contributed by atoms with Gasteiger partial charge in [-0.2, -0.15) is 0 Å². The van der Waals surface area contributed by atoms with Crippen LogP contribution in [0.3, 0.4) is 0 Å². The molecule has 7 heteroatoms. The van der Waals surface area contributed by atoms with Crippen molar-refractivity contribution < 1.29 is 9.59 Å². The second kappa shape index (κ2) is 13.8. The lowest BCUT2D eigenvalue weighted by atomic mass is 10.1. The average Bonchev–Trinajstić information content (AvgIpc) is 2.78. The van der Waals surface area contributed by atoms with Gasteiger partial charge in [-0.25, -0.2) is 0 Å². The first-order valence-electron chi connectivity index (χ1n) is 11.1. The first kappa shape index (κ1) is 26.6. The first-order valence-corrected chi connectivity index (χ1v) is 12.8. The van der Waals surface area contributed by atoms with Gasteiger partial charge in [0.2, 0.25) is 11.8 Å². The van der Waals surface area contributed by atoms with Crippen LogP contribution in [-0.2, 0) is 16.1 Å². The fourth-order valence-electron chi connectivity index (χ4n) is 3.23. The summed E-state index contributed by atoms with van der Waals surface area (Å²) in [6, 6.07) is 14.7. The van der Waals surface area contributed by atoms with E-state index in [-0.39, 0.29) is 17.9 Å². The van der Waals surface area contributed by atoms with Crippen LogP contribution < -0.4 is 5.32 Å². The van der Waals surface area contributed by atoms with Crippen molar-refractivity contribution in [1.29, 1.82) is 0 Å². The Morgan fingerprint density at radius 2 is 1.56 bits per heavy atom. The van der Waals surface area contributed by atoms with E-state index in [0.29, 0.717) is 29.4 Å². The molecule has 2 aromatic rings. The molecule has 0 aliphatic rings. The van der Waals surface area contributed by atoms with E-state index >= 15 is 0 Å². The van der Waals surface area contributed by atoms with Crippen LogP contribution in [0, 0.1) is 0 Å². The molecule has 0 bridgehead atoms. The SMILES string of the molecule is CC[C@H](C(=O)N[C@@H](C)CC)N(Cc1ccc(Cl)cc1)C(=O)CCCSc1ccc(Cl)cc1. The predicted molar refractivity (Wildman–Crippen MR) is 135 cm³/mol. The van der Waals surface area contributed by atoms with Crippen LogP contribution in [0.5, 0.6) is 0 Å². The van der Waals surface area contributed by atoms with Crippen LogP contribution in [-0.4, -0.2) is 34.6 Å². The third-order valence-electron chi connectivity index (χ3n) is 5.27. The molecule has 2 aromatic carbocycles. The molecule has 32 heavy (non-hydrogen) atoms. The molecule has 174 valence electrons. The zero-order valence-corrected chi connectivity index (χ0v) is 21.3. The largest absolute Gasteiger partial charge is 0.352 e. The molecular weight excluding hydrogens is 463 g/mol. The number of carbonyl (C=O) groups excluding carboxylic acids is 2. The molecule has 0 saturated heterocycles. The van der Waals surface area contributed by atoms with E-state index in [9.17, 15) is 9.59 Å². The Hall–Kier alpha value is -1.69. The van der Waals surface area contributed by atoms with E-state index in [1.165, 1.54) is 0 Å². The maximum absolute atomic E-state index is 13.2. The monoisotopic (exact) mass is 494 g/mol. The zero-order chi connectivity index (χ0) is 23.5. The molecule has 0 fully saturated rings. The third kappa shape index (κ3) is 8.68. The Labute approximate surface area is 206 Å². The summed E-state index contributed by atoms with van der Waals surface area (Å²) in [5.74, 6) is 0.709. The van der Waals surface area contributed by atoms with Crippen LogP contribution in [0.1, 0.15) is 52.0 Å². The molecule has 0 aliphatic heterocycles. The van der Waals surface area contributed by atoms with Crippen molar-refractivity contribution in [1.82, 2.24) is 10.2 Å². The van der Waals surface area contributed by atoms with E-state index < -0.39 is 6.04 Å². The van der Waals surface area contributed by atoms with Crippen LogP contribution in [0.4, 0.5) is 0 Å². The molecular formula is C25H32Cl2N2O2S. The Bertz CT molecular complexity index is 859. The Balaban J connectivity index is 2.05. The number of amides is 2. The van der Waals surface area contributed by atoms with Crippen molar-refractivity contribution in [2.45, 2.75) is 70.0 Å². The van der Waals surface area contributed by atoms with Crippen LogP contribution >= 0.6 is 35.0 Å². The lowest BCUT2D eigenvalue weighted by Gasteiger charge is -2.31. The Morgan fingerprint density at radius 1 is 0.969 bits per heavy atom. The quantitative estimate of drug-likeness (QED) is 0.267. The molecule has 4 nitrogen and oxygen atoms in total. The van der Waals surface area contributed by atoms with E-state index in [1.807, 2.05) is 69.3 Å². The van der Waals surface area contributed by atoms with Crippen LogP contribution in [0.25, 0.3) is 0 Å². The number of halogens is 2. The van der Waals surface area contributed by atoms with Crippen molar-refractivity contribution >= 4 is 46.8 Å². The van der Waals surface area contributed by atoms with E-state index in [2.05, 4.69) is 5.32 Å². The van der Waals surface area contributed by atoms with Crippen molar-refractivity contribution in [3.63, 3.8) is 0 Å². The maximum Gasteiger partial charge on any atom is 0.243 e. The standard InChI is InChI=1S/C25H32Cl2N2O2S/c1-4-18(3)28-25(31)23(5-2)29(17-19-8-10-20(26)11-9-19)24(30)7-6-16-32-22-14-12-21(27)13-15-22/h8-15,18,23H,4-7,16-17H2,1-3H3,(H,28,31)/t18-,23+/m0/s1. The smallest absolute Gasteiger partial charge is 0.243 e. The van der Waals surface area contributed by atoms with E-state index in [0.717, 1.165) is 29.1 Å². The van der Waals surface area contributed by atoms with Gasteiger partial charge in [0.1, 0.15) is 6.04 Å². The molecule has 2 rings (SSSR count). The second-order valence-electron chi connectivity index (χ2n) is 7.80. The minimum atomic E-state index is -0.504. The lowest BCUT2D eigenvalue weighted by Crippen LogP contribution is -2.50. The number of rotatable bonds is 12. The molecule has 0 heterocycles. The van der Waals surface area contributed by atoms with Crippen molar-refractivity contribution in [2.75, 3.05) is 5.75 Å². The molecule has 2 amide bonds. The van der Waals surface area contributed by atoms with Gasteiger partial charge in [-0.1, -0.05) is 49.2 Å². The highest BCUT2D eigenvalue weighted by atomic mass is 35.5. The second-order valence-corrected chi connectivity index (χ2v) is 9.84. The summed E-state index contributed by atoms with van der Waals surface area (Å²) in [4.78, 5) is 29.0. The highest BCUT2D eigenvalue weighted by Crippen LogP contribution is 2.22. The Kier molecular flexibility index (Phi) is 11.4. The summed E-state index contributed by atoms with van der Waals surface area (Å²) in [6.45, 7) is 6.33. The molecule has 0 unspecified atom stereocenters. The van der Waals surface area contributed by atoms with Crippen molar-refractivity contribution in [3.8, 4) is 0 Å². The minimum absolute atomic E-state index is 0.0113. The fraction of sp³-hybridized carbons (Fsp3) is 0.440. The van der Waals surface area contributed by atoms with Crippen molar-refractivity contribution in [3.05, 3.63) is 64.1 Å². The average molecular weight is 496 g/mol. The summed E-state index contributed by atoms with van der Waals surface area (Å²) >= 11 is 13.6. The van der Waals surface area contributed by atoms with Crippen molar-refractivity contribution in [2.24, 2.45) is 0 Å².